The molecule has 1 rings (SSSR count). The second-order valence-corrected chi connectivity index (χ2v) is 4.64. The first-order valence-electron chi connectivity index (χ1n) is 5.40. The predicted molar refractivity (Wildman–Crippen MR) is 64.2 cm³/mol. The molecule has 0 aliphatic carbocycles. The van der Waals surface area contributed by atoms with Crippen LogP contribution in [-0.4, -0.2) is 33.6 Å². The molecule has 5 heteroatoms. The molecule has 90 valence electrons. The average molecular weight is 224 g/mol. The summed E-state index contributed by atoms with van der Waals surface area (Å²) in [4.78, 5) is 13.8. The highest BCUT2D eigenvalue weighted by Gasteiger charge is 2.29. The summed E-state index contributed by atoms with van der Waals surface area (Å²) in [6, 6.07) is 0. The fourth-order valence-corrected chi connectivity index (χ4v) is 1.27. The second kappa shape index (κ2) is 4.15. The van der Waals surface area contributed by atoms with E-state index < -0.39 is 0 Å². The fraction of sp³-hybridized carbons (Fsp3) is 0.636. The van der Waals surface area contributed by atoms with Gasteiger partial charge in [-0.05, 0) is 27.2 Å². The molecule has 1 aromatic rings. The van der Waals surface area contributed by atoms with Crippen molar-refractivity contribution in [3.63, 3.8) is 0 Å². The third-order valence-corrected chi connectivity index (χ3v) is 3.27. The molecule has 0 aliphatic rings. The van der Waals surface area contributed by atoms with E-state index in [9.17, 15) is 4.79 Å². The Labute approximate surface area is 96.0 Å². The number of carbonyl (C=O) groups is 1. The smallest absolute Gasteiger partial charge is 0.276 e. The van der Waals surface area contributed by atoms with E-state index in [1.54, 1.807) is 18.9 Å². The van der Waals surface area contributed by atoms with Gasteiger partial charge in [-0.2, -0.15) is 5.10 Å². The van der Waals surface area contributed by atoms with Crippen LogP contribution in [-0.2, 0) is 0 Å². The number of aromatic nitrogens is 2. The average Bonchev–Trinajstić information content (AvgIpc) is 2.58. The van der Waals surface area contributed by atoms with Crippen molar-refractivity contribution in [3.05, 3.63) is 11.4 Å². The summed E-state index contributed by atoms with van der Waals surface area (Å²) in [7, 11) is 1.77. The lowest BCUT2D eigenvalue weighted by Crippen LogP contribution is -2.44. The van der Waals surface area contributed by atoms with Gasteiger partial charge < -0.3 is 10.6 Å². The van der Waals surface area contributed by atoms with Crippen LogP contribution >= 0.6 is 0 Å². The molecule has 0 bridgehead atoms. The Morgan fingerprint density at radius 1 is 1.56 bits per heavy atom. The normalized spacial score (nSPS) is 11.6. The van der Waals surface area contributed by atoms with Gasteiger partial charge in [-0.3, -0.25) is 9.89 Å². The highest BCUT2D eigenvalue weighted by atomic mass is 16.2. The molecular formula is C11H20N4O. The molecule has 3 N–H and O–H groups in total. The maximum atomic E-state index is 12.1. The summed E-state index contributed by atoms with van der Waals surface area (Å²) in [5, 5.41) is 6.66. The van der Waals surface area contributed by atoms with Crippen LogP contribution in [0, 0.1) is 6.92 Å². The maximum Gasteiger partial charge on any atom is 0.276 e. The summed E-state index contributed by atoms with van der Waals surface area (Å²) in [6.07, 6.45) is 0.874. The molecule has 0 radical (unpaired) electrons. The molecule has 5 nitrogen and oxygen atoms in total. The zero-order chi connectivity index (χ0) is 12.5. The summed E-state index contributed by atoms with van der Waals surface area (Å²) < 4.78 is 0. The van der Waals surface area contributed by atoms with Crippen LogP contribution in [0.5, 0.6) is 0 Å². The van der Waals surface area contributed by atoms with Crippen molar-refractivity contribution < 1.29 is 4.79 Å². The van der Waals surface area contributed by atoms with Crippen LogP contribution in [0.25, 0.3) is 0 Å². The number of H-pyrrole nitrogens is 1. The Balaban J connectivity index is 2.99. The molecule has 0 fully saturated rings. The Morgan fingerprint density at radius 2 is 2.12 bits per heavy atom. The van der Waals surface area contributed by atoms with E-state index in [4.69, 9.17) is 5.73 Å². The summed E-state index contributed by atoms with van der Waals surface area (Å²) in [5.74, 6) is -0.145. The number of hydrogen-bond acceptors (Lipinski definition) is 3. The number of rotatable bonds is 3. The first-order valence-corrected chi connectivity index (χ1v) is 5.40. The second-order valence-electron chi connectivity index (χ2n) is 4.64. The van der Waals surface area contributed by atoms with Gasteiger partial charge in [-0.25, -0.2) is 0 Å². The van der Waals surface area contributed by atoms with E-state index in [-0.39, 0.29) is 11.4 Å². The van der Waals surface area contributed by atoms with Crippen LogP contribution in [0.2, 0.25) is 0 Å². The Hall–Kier alpha value is -1.52. The van der Waals surface area contributed by atoms with Gasteiger partial charge in [0.05, 0.1) is 11.4 Å². The lowest BCUT2D eigenvalue weighted by Gasteiger charge is -2.34. The lowest BCUT2D eigenvalue weighted by atomic mass is 9.99. The van der Waals surface area contributed by atoms with E-state index in [1.165, 1.54) is 0 Å². The highest BCUT2D eigenvalue weighted by Crippen LogP contribution is 2.21. The molecule has 0 spiro atoms. The number of nitrogens with one attached hydrogen (secondary N) is 1. The summed E-state index contributed by atoms with van der Waals surface area (Å²) >= 11 is 0. The topological polar surface area (TPSA) is 75.0 Å². The van der Waals surface area contributed by atoms with Crippen LogP contribution in [0.3, 0.4) is 0 Å². The van der Waals surface area contributed by atoms with Crippen LogP contribution in [0.1, 0.15) is 43.4 Å². The van der Waals surface area contributed by atoms with Gasteiger partial charge in [0, 0.05) is 12.6 Å². The van der Waals surface area contributed by atoms with Crippen molar-refractivity contribution in [1.29, 1.82) is 0 Å². The number of anilines is 1. The van der Waals surface area contributed by atoms with Gasteiger partial charge in [0.1, 0.15) is 0 Å². The molecule has 0 saturated heterocycles. The van der Waals surface area contributed by atoms with E-state index in [0.29, 0.717) is 11.4 Å². The lowest BCUT2D eigenvalue weighted by molar-refractivity contribution is 0.0615. The van der Waals surface area contributed by atoms with Gasteiger partial charge in [0.25, 0.3) is 5.91 Å². The summed E-state index contributed by atoms with van der Waals surface area (Å²) in [6.45, 7) is 7.87. The Bertz CT molecular complexity index is 395. The Morgan fingerprint density at radius 3 is 2.50 bits per heavy atom. The highest BCUT2D eigenvalue weighted by molar-refractivity contribution is 5.97. The quantitative estimate of drug-likeness (QED) is 0.818. The maximum absolute atomic E-state index is 12.1. The molecule has 0 aliphatic heterocycles. The van der Waals surface area contributed by atoms with Crippen molar-refractivity contribution in [1.82, 2.24) is 15.1 Å². The number of nitrogen functional groups attached to an aromatic ring is 1. The van der Waals surface area contributed by atoms with E-state index in [2.05, 4.69) is 10.2 Å². The largest absolute Gasteiger partial charge is 0.395 e. The van der Waals surface area contributed by atoms with Crippen molar-refractivity contribution in [3.8, 4) is 0 Å². The molecule has 0 unspecified atom stereocenters. The minimum atomic E-state index is -0.198. The molecule has 0 atom stereocenters. The number of hydrogen-bond donors (Lipinski definition) is 2. The van der Waals surface area contributed by atoms with Crippen molar-refractivity contribution >= 4 is 11.6 Å². The molecule has 0 aromatic carbocycles. The zero-order valence-corrected chi connectivity index (χ0v) is 10.6. The number of carbonyl (C=O) groups excluding carboxylic acids is 1. The van der Waals surface area contributed by atoms with Gasteiger partial charge in [-0.15, -0.1) is 0 Å². The molecule has 1 aromatic heterocycles. The van der Waals surface area contributed by atoms with E-state index in [1.807, 2.05) is 20.8 Å². The van der Waals surface area contributed by atoms with Crippen molar-refractivity contribution in [2.75, 3.05) is 12.8 Å². The predicted octanol–water partition coefficient (Wildman–Crippen LogP) is 1.56. The van der Waals surface area contributed by atoms with Gasteiger partial charge in [-0.1, -0.05) is 6.92 Å². The molecule has 1 amide bonds. The van der Waals surface area contributed by atoms with E-state index in [0.717, 1.165) is 12.1 Å². The van der Waals surface area contributed by atoms with Gasteiger partial charge >= 0.3 is 0 Å². The van der Waals surface area contributed by atoms with Crippen LogP contribution in [0.15, 0.2) is 0 Å². The standard InChI is InChI=1S/C11H20N4O/c1-6-11(3,4)15(5)10(16)9-8(12)7(2)13-14-9/h6,12H2,1-5H3,(H,13,14). The number of amides is 1. The van der Waals surface area contributed by atoms with Crippen LogP contribution < -0.4 is 5.73 Å². The number of nitrogens with zero attached hydrogens (tertiary/aromatic N) is 2. The van der Waals surface area contributed by atoms with E-state index >= 15 is 0 Å². The monoisotopic (exact) mass is 224 g/mol. The van der Waals surface area contributed by atoms with Crippen molar-refractivity contribution in [2.24, 2.45) is 0 Å². The fourth-order valence-electron chi connectivity index (χ4n) is 1.27. The minimum Gasteiger partial charge on any atom is -0.395 e. The van der Waals surface area contributed by atoms with Gasteiger partial charge in [0.2, 0.25) is 0 Å². The molecule has 16 heavy (non-hydrogen) atoms. The first kappa shape index (κ1) is 12.5. The third kappa shape index (κ3) is 2.03. The van der Waals surface area contributed by atoms with Gasteiger partial charge in [0.15, 0.2) is 5.69 Å². The molecule has 0 saturated carbocycles. The molecular weight excluding hydrogens is 204 g/mol. The SMILES string of the molecule is CCC(C)(C)N(C)C(=O)c1n[nH]c(C)c1N. The number of nitrogens with two attached hydrogens (primary N) is 1. The van der Waals surface area contributed by atoms with Crippen molar-refractivity contribution in [2.45, 2.75) is 39.7 Å². The first-order chi connectivity index (χ1) is 7.31. The number of aromatic amines is 1. The minimum absolute atomic E-state index is 0.145. The number of aryl methyl sites for hydroxylation is 1. The zero-order valence-electron chi connectivity index (χ0n) is 10.6. The summed E-state index contributed by atoms with van der Waals surface area (Å²) in [5.41, 5.74) is 7.06. The molecule has 1 heterocycles. The third-order valence-electron chi connectivity index (χ3n) is 3.27. The Kier molecular flexibility index (Phi) is 3.26. The van der Waals surface area contributed by atoms with Crippen LogP contribution in [0.4, 0.5) is 5.69 Å².